The number of thiazole rings is 1. The summed E-state index contributed by atoms with van der Waals surface area (Å²) in [5.41, 5.74) is 12.4. The van der Waals surface area contributed by atoms with Crippen molar-refractivity contribution in [3.63, 3.8) is 0 Å². The van der Waals surface area contributed by atoms with E-state index >= 15 is 0 Å². The van der Waals surface area contributed by atoms with Crippen LogP contribution in [0.1, 0.15) is 11.3 Å². The third-order valence-corrected chi connectivity index (χ3v) is 12.1. The SMILES string of the molecule is c1ccc(-c2ccc3c(c2)c2c(n3-c3ccc(-c4ccc5c6ccccc6c6ccccc6c5c4)cc3)-c3sc(-c4ccccc4)nc3CC2)cc1. The van der Waals surface area contributed by atoms with Gasteiger partial charge < -0.3 is 4.57 Å². The number of rotatable bonds is 4. The lowest BCUT2D eigenvalue weighted by Gasteiger charge is -2.16. The Bertz CT molecular complexity index is 2950. The Morgan fingerprint density at radius 3 is 1.62 bits per heavy atom. The van der Waals surface area contributed by atoms with E-state index in [1.54, 1.807) is 0 Å². The third-order valence-electron chi connectivity index (χ3n) is 10.9. The summed E-state index contributed by atoms with van der Waals surface area (Å²) in [7, 11) is 0. The van der Waals surface area contributed by atoms with Gasteiger partial charge in [0.05, 0.1) is 21.8 Å². The molecular formula is C49H32N2S. The van der Waals surface area contributed by atoms with Crippen molar-refractivity contribution in [2.45, 2.75) is 12.8 Å². The van der Waals surface area contributed by atoms with Gasteiger partial charge in [0.2, 0.25) is 0 Å². The first kappa shape index (κ1) is 29.4. The molecule has 0 aliphatic heterocycles. The van der Waals surface area contributed by atoms with Crippen molar-refractivity contribution in [1.82, 2.24) is 9.55 Å². The largest absolute Gasteiger partial charge is 0.308 e. The summed E-state index contributed by atoms with van der Waals surface area (Å²) in [4.78, 5) is 6.50. The Kier molecular flexibility index (Phi) is 6.58. The molecule has 0 unspecified atom stereocenters. The molecule has 1 aliphatic rings. The predicted molar refractivity (Wildman–Crippen MR) is 221 cm³/mol. The zero-order valence-corrected chi connectivity index (χ0v) is 29.2. The van der Waals surface area contributed by atoms with Gasteiger partial charge in [0.25, 0.3) is 0 Å². The second kappa shape index (κ2) is 11.6. The number of hydrogen-bond acceptors (Lipinski definition) is 2. The van der Waals surface area contributed by atoms with Gasteiger partial charge >= 0.3 is 0 Å². The molecule has 2 heterocycles. The van der Waals surface area contributed by atoms with Crippen LogP contribution in [-0.4, -0.2) is 9.55 Å². The smallest absolute Gasteiger partial charge is 0.124 e. The van der Waals surface area contributed by atoms with Crippen molar-refractivity contribution < 1.29 is 0 Å². The molecular weight excluding hydrogens is 649 g/mol. The maximum atomic E-state index is 5.21. The quantitative estimate of drug-likeness (QED) is 0.169. The van der Waals surface area contributed by atoms with Gasteiger partial charge in [0.15, 0.2) is 0 Å². The predicted octanol–water partition coefficient (Wildman–Crippen LogP) is 13.3. The Morgan fingerprint density at radius 1 is 0.423 bits per heavy atom. The number of hydrogen-bond donors (Lipinski definition) is 0. The van der Waals surface area contributed by atoms with Crippen molar-refractivity contribution in [3.8, 4) is 49.1 Å². The Labute approximate surface area is 305 Å². The minimum Gasteiger partial charge on any atom is -0.308 e. The highest BCUT2D eigenvalue weighted by Crippen LogP contribution is 2.47. The van der Waals surface area contributed by atoms with Crippen LogP contribution < -0.4 is 0 Å². The highest BCUT2D eigenvalue weighted by atomic mass is 32.1. The van der Waals surface area contributed by atoms with Crippen LogP contribution in [0.5, 0.6) is 0 Å². The Hall–Kier alpha value is -6.29. The first-order valence-electron chi connectivity index (χ1n) is 18.0. The van der Waals surface area contributed by atoms with Gasteiger partial charge in [-0.1, -0.05) is 140 Å². The molecule has 244 valence electrons. The molecule has 11 rings (SSSR count). The molecule has 1 aliphatic carbocycles. The number of aromatic nitrogens is 2. The summed E-state index contributed by atoms with van der Waals surface area (Å²) in [6.07, 6.45) is 1.92. The van der Waals surface area contributed by atoms with Gasteiger partial charge in [-0.05, 0) is 103 Å². The standard InChI is InChI=1S/C49H32N2S/c1-3-11-31(12-4-1)35-22-28-46-44(30-35)42-26-27-45-48(52-49(50-45)33-13-5-2-6-14-33)47(42)51(46)36-23-19-32(20-24-36)34-21-25-41-39-17-8-7-15-37(39)38-16-9-10-18-40(38)43(41)29-34/h1-25,28-30H,26-27H2. The molecule has 0 N–H and O–H groups in total. The minimum absolute atomic E-state index is 0.950. The molecule has 52 heavy (non-hydrogen) atoms. The van der Waals surface area contributed by atoms with Crippen LogP contribution in [0.25, 0.3) is 92.3 Å². The van der Waals surface area contributed by atoms with Gasteiger partial charge in [-0.15, -0.1) is 11.3 Å². The Balaban J connectivity index is 1.08. The summed E-state index contributed by atoms with van der Waals surface area (Å²) < 4.78 is 2.49. The molecule has 0 amide bonds. The number of aryl methyl sites for hydroxylation is 2. The van der Waals surface area contributed by atoms with E-state index in [9.17, 15) is 0 Å². The average molecular weight is 681 g/mol. The fraction of sp³-hybridized carbons (Fsp3) is 0.0408. The second-order valence-corrected chi connectivity index (χ2v) is 14.8. The first-order chi connectivity index (χ1) is 25.8. The van der Waals surface area contributed by atoms with Crippen molar-refractivity contribution in [2.24, 2.45) is 0 Å². The van der Waals surface area contributed by atoms with Gasteiger partial charge in [0.1, 0.15) is 5.01 Å². The summed E-state index contributed by atoms with van der Waals surface area (Å²) >= 11 is 1.83. The summed E-state index contributed by atoms with van der Waals surface area (Å²) in [6, 6.07) is 62.1. The lowest BCUT2D eigenvalue weighted by molar-refractivity contribution is 0.907. The number of fused-ring (bicyclic) bond motifs is 11. The van der Waals surface area contributed by atoms with E-state index in [1.165, 1.54) is 98.6 Å². The molecule has 0 spiro atoms. The van der Waals surface area contributed by atoms with E-state index in [2.05, 4.69) is 174 Å². The van der Waals surface area contributed by atoms with Crippen LogP contribution in [0, 0.1) is 0 Å². The molecule has 3 heteroatoms. The summed E-state index contributed by atoms with van der Waals surface area (Å²) in [5.74, 6) is 0. The van der Waals surface area contributed by atoms with Crippen LogP contribution in [-0.2, 0) is 12.8 Å². The molecule has 0 saturated heterocycles. The molecule has 10 aromatic rings. The van der Waals surface area contributed by atoms with E-state index in [4.69, 9.17) is 4.98 Å². The molecule has 0 radical (unpaired) electrons. The maximum absolute atomic E-state index is 5.21. The highest BCUT2D eigenvalue weighted by molar-refractivity contribution is 7.18. The fourth-order valence-electron chi connectivity index (χ4n) is 8.47. The third kappa shape index (κ3) is 4.53. The normalized spacial score (nSPS) is 12.5. The van der Waals surface area contributed by atoms with E-state index < -0.39 is 0 Å². The fourth-order valence-corrected chi connectivity index (χ4v) is 9.65. The lowest BCUT2D eigenvalue weighted by atomic mass is 9.92. The molecule has 2 nitrogen and oxygen atoms in total. The highest BCUT2D eigenvalue weighted by Gasteiger charge is 2.29. The molecule has 8 aromatic carbocycles. The van der Waals surface area contributed by atoms with E-state index in [0.717, 1.165) is 17.8 Å². The van der Waals surface area contributed by atoms with Crippen molar-refractivity contribution in [3.05, 3.63) is 181 Å². The van der Waals surface area contributed by atoms with E-state index in [1.807, 2.05) is 11.3 Å². The Morgan fingerprint density at radius 2 is 0.942 bits per heavy atom. The minimum atomic E-state index is 0.950. The van der Waals surface area contributed by atoms with Crippen LogP contribution in [0.15, 0.2) is 170 Å². The van der Waals surface area contributed by atoms with Gasteiger partial charge in [-0.25, -0.2) is 4.98 Å². The number of benzene rings is 8. The first-order valence-corrected chi connectivity index (χ1v) is 18.8. The average Bonchev–Trinajstić information content (AvgIpc) is 3.81. The van der Waals surface area contributed by atoms with Gasteiger partial charge in [-0.2, -0.15) is 0 Å². The molecule has 0 fully saturated rings. The second-order valence-electron chi connectivity index (χ2n) is 13.8. The van der Waals surface area contributed by atoms with E-state index in [0.29, 0.717) is 0 Å². The van der Waals surface area contributed by atoms with Crippen LogP contribution in [0.2, 0.25) is 0 Å². The topological polar surface area (TPSA) is 17.8 Å². The van der Waals surface area contributed by atoms with E-state index in [-0.39, 0.29) is 0 Å². The van der Waals surface area contributed by atoms with Crippen molar-refractivity contribution in [1.29, 1.82) is 0 Å². The lowest BCUT2D eigenvalue weighted by Crippen LogP contribution is -2.05. The zero-order chi connectivity index (χ0) is 34.2. The monoisotopic (exact) mass is 680 g/mol. The van der Waals surface area contributed by atoms with Crippen LogP contribution in [0.3, 0.4) is 0 Å². The van der Waals surface area contributed by atoms with Crippen LogP contribution >= 0.6 is 11.3 Å². The van der Waals surface area contributed by atoms with Gasteiger partial charge in [0, 0.05) is 16.6 Å². The molecule has 0 atom stereocenters. The molecule has 0 bridgehead atoms. The summed E-state index contributed by atoms with van der Waals surface area (Å²) in [6.45, 7) is 0. The van der Waals surface area contributed by atoms with Crippen molar-refractivity contribution >= 4 is 54.6 Å². The molecule has 0 saturated carbocycles. The molecule has 2 aromatic heterocycles. The van der Waals surface area contributed by atoms with Gasteiger partial charge in [-0.3, -0.25) is 0 Å². The van der Waals surface area contributed by atoms with Crippen molar-refractivity contribution in [2.75, 3.05) is 0 Å². The van der Waals surface area contributed by atoms with Crippen LogP contribution in [0.4, 0.5) is 0 Å². The number of nitrogens with zero attached hydrogens (tertiary/aromatic N) is 2. The summed E-state index contributed by atoms with van der Waals surface area (Å²) in [5, 5.41) is 10.2. The maximum Gasteiger partial charge on any atom is 0.124 e. The zero-order valence-electron chi connectivity index (χ0n) is 28.4.